The van der Waals surface area contributed by atoms with Crippen molar-refractivity contribution in [2.45, 2.75) is 34.1 Å². The minimum atomic E-state index is 0.145. The molecular formula is C10H19NO. The van der Waals surface area contributed by atoms with Crippen LogP contribution in [0.2, 0.25) is 0 Å². The summed E-state index contributed by atoms with van der Waals surface area (Å²) >= 11 is 0. The van der Waals surface area contributed by atoms with Gasteiger partial charge in [-0.1, -0.05) is 25.5 Å². The fourth-order valence-corrected chi connectivity index (χ4v) is 0.783. The molecule has 1 N–H and O–H groups in total. The zero-order valence-electron chi connectivity index (χ0n) is 8.48. The monoisotopic (exact) mass is 169 g/mol. The highest BCUT2D eigenvalue weighted by molar-refractivity contribution is 5.76. The van der Waals surface area contributed by atoms with E-state index < -0.39 is 0 Å². The van der Waals surface area contributed by atoms with Gasteiger partial charge in [-0.25, -0.2) is 0 Å². The molecule has 0 aliphatic heterocycles. The van der Waals surface area contributed by atoms with Gasteiger partial charge < -0.3 is 5.32 Å². The molecule has 0 aliphatic carbocycles. The van der Waals surface area contributed by atoms with Crippen molar-refractivity contribution in [2.75, 3.05) is 6.54 Å². The molecule has 0 aromatic heterocycles. The molecule has 0 fully saturated rings. The van der Waals surface area contributed by atoms with Crippen molar-refractivity contribution in [3.63, 3.8) is 0 Å². The number of carbonyl (C=O) groups excluding carboxylic acids is 1. The van der Waals surface area contributed by atoms with E-state index in [2.05, 4.69) is 5.32 Å². The summed E-state index contributed by atoms with van der Waals surface area (Å²) in [5, 5.41) is 2.86. The molecule has 1 amide bonds. The number of nitrogens with one attached hydrogen (secondary N) is 1. The minimum Gasteiger partial charge on any atom is -0.352 e. The van der Waals surface area contributed by atoms with Crippen LogP contribution in [0, 0.1) is 5.92 Å². The first-order chi connectivity index (χ1) is 5.56. The highest BCUT2D eigenvalue weighted by Crippen LogP contribution is 1.98. The van der Waals surface area contributed by atoms with Crippen molar-refractivity contribution in [3.8, 4) is 0 Å². The van der Waals surface area contributed by atoms with Crippen molar-refractivity contribution in [3.05, 3.63) is 11.6 Å². The van der Waals surface area contributed by atoms with E-state index in [1.165, 1.54) is 5.57 Å². The van der Waals surface area contributed by atoms with Crippen molar-refractivity contribution in [1.82, 2.24) is 5.32 Å². The third kappa shape index (κ3) is 5.96. The molecule has 0 atom stereocenters. The molecular weight excluding hydrogens is 150 g/mol. The normalized spacial score (nSPS) is 11.9. The van der Waals surface area contributed by atoms with E-state index >= 15 is 0 Å². The van der Waals surface area contributed by atoms with Crippen LogP contribution in [-0.2, 0) is 4.79 Å². The van der Waals surface area contributed by atoms with Crippen LogP contribution in [0.5, 0.6) is 0 Å². The molecule has 2 heteroatoms. The molecule has 0 saturated heterocycles. The maximum Gasteiger partial charge on any atom is 0.220 e. The first-order valence-electron chi connectivity index (χ1n) is 4.44. The smallest absolute Gasteiger partial charge is 0.220 e. The van der Waals surface area contributed by atoms with Crippen LogP contribution < -0.4 is 5.32 Å². The quantitative estimate of drug-likeness (QED) is 0.642. The molecule has 0 bridgehead atoms. The van der Waals surface area contributed by atoms with Crippen LogP contribution >= 0.6 is 0 Å². The minimum absolute atomic E-state index is 0.145. The molecule has 0 unspecified atom stereocenters. The lowest BCUT2D eigenvalue weighted by Crippen LogP contribution is -2.25. The van der Waals surface area contributed by atoms with Crippen molar-refractivity contribution in [2.24, 2.45) is 5.92 Å². The average Bonchev–Trinajstić information content (AvgIpc) is 1.99. The van der Waals surface area contributed by atoms with Crippen LogP contribution in [0.3, 0.4) is 0 Å². The summed E-state index contributed by atoms with van der Waals surface area (Å²) in [6.07, 6.45) is 2.63. The fraction of sp³-hybridized carbons (Fsp3) is 0.700. The third-order valence-corrected chi connectivity index (χ3v) is 1.65. The topological polar surface area (TPSA) is 29.1 Å². The zero-order valence-corrected chi connectivity index (χ0v) is 8.48. The Balaban J connectivity index is 3.58. The molecule has 0 radical (unpaired) electrons. The molecule has 0 saturated carbocycles. The Morgan fingerprint density at radius 2 is 2.08 bits per heavy atom. The Hall–Kier alpha value is -0.790. The van der Waals surface area contributed by atoms with Crippen molar-refractivity contribution < 1.29 is 4.79 Å². The van der Waals surface area contributed by atoms with Gasteiger partial charge in [-0.05, 0) is 19.8 Å². The third-order valence-electron chi connectivity index (χ3n) is 1.65. The van der Waals surface area contributed by atoms with Gasteiger partial charge in [-0.15, -0.1) is 0 Å². The van der Waals surface area contributed by atoms with E-state index in [0.29, 0.717) is 18.9 Å². The van der Waals surface area contributed by atoms with Gasteiger partial charge >= 0.3 is 0 Å². The van der Waals surface area contributed by atoms with E-state index in [9.17, 15) is 4.79 Å². The average molecular weight is 169 g/mol. The first kappa shape index (κ1) is 11.2. The number of hydrogen-bond acceptors (Lipinski definition) is 1. The van der Waals surface area contributed by atoms with Gasteiger partial charge in [0.05, 0.1) is 0 Å². The summed E-state index contributed by atoms with van der Waals surface area (Å²) in [5.74, 6) is 0.585. The molecule has 12 heavy (non-hydrogen) atoms. The Morgan fingerprint density at radius 3 is 2.50 bits per heavy atom. The zero-order chi connectivity index (χ0) is 9.56. The summed E-state index contributed by atoms with van der Waals surface area (Å²) in [7, 11) is 0. The van der Waals surface area contributed by atoms with E-state index in [1.54, 1.807) is 0 Å². The highest BCUT2D eigenvalue weighted by atomic mass is 16.1. The SMILES string of the molecule is C/C=C(\C)CNC(=O)CC(C)C. The lowest BCUT2D eigenvalue weighted by Gasteiger charge is -2.06. The highest BCUT2D eigenvalue weighted by Gasteiger charge is 2.02. The van der Waals surface area contributed by atoms with Crippen molar-refractivity contribution in [1.29, 1.82) is 0 Å². The molecule has 0 aliphatic rings. The molecule has 70 valence electrons. The van der Waals surface area contributed by atoms with Crippen molar-refractivity contribution >= 4 is 5.91 Å². The van der Waals surface area contributed by atoms with E-state index in [0.717, 1.165) is 0 Å². The Morgan fingerprint density at radius 1 is 1.50 bits per heavy atom. The first-order valence-corrected chi connectivity index (χ1v) is 4.44. The summed E-state index contributed by atoms with van der Waals surface area (Å²) in [6.45, 7) is 8.76. The lowest BCUT2D eigenvalue weighted by molar-refractivity contribution is -0.121. The summed E-state index contributed by atoms with van der Waals surface area (Å²) in [5.41, 5.74) is 1.20. The van der Waals surface area contributed by atoms with Gasteiger partial charge in [0.1, 0.15) is 0 Å². The number of allylic oxidation sites excluding steroid dienone is 1. The number of rotatable bonds is 4. The molecule has 0 heterocycles. The maximum atomic E-state index is 11.1. The largest absolute Gasteiger partial charge is 0.352 e. The second-order valence-electron chi connectivity index (χ2n) is 3.51. The van der Waals surface area contributed by atoms with Gasteiger partial charge in [0.25, 0.3) is 0 Å². The fourth-order valence-electron chi connectivity index (χ4n) is 0.783. The predicted octanol–water partition coefficient (Wildman–Crippen LogP) is 2.11. The van der Waals surface area contributed by atoms with Crippen LogP contribution in [0.25, 0.3) is 0 Å². The van der Waals surface area contributed by atoms with Gasteiger partial charge in [0.2, 0.25) is 5.91 Å². The number of carbonyl (C=O) groups is 1. The summed E-state index contributed by atoms with van der Waals surface area (Å²) in [6, 6.07) is 0. The number of hydrogen-bond donors (Lipinski definition) is 1. The Labute approximate surface area is 75.0 Å². The van der Waals surface area contributed by atoms with Gasteiger partial charge in [-0.3, -0.25) is 4.79 Å². The second-order valence-corrected chi connectivity index (χ2v) is 3.51. The predicted molar refractivity (Wildman–Crippen MR) is 51.9 cm³/mol. The molecule has 0 aromatic rings. The van der Waals surface area contributed by atoms with Crippen LogP contribution in [0.15, 0.2) is 11.6 Å². The van der Waals surface area contributed by atoms with Gasteiger partial charge in [-0.2, -0.15) is 0 Å². The molecule has 0 spiro atoms. The summed E-state index contributed by atoms with van der Waals surface area (Å²) < 4.78 is 0. The number of amides is 1. The lowest BCUT2D eigenvalue weighted by atomic mass is 10.1. The molecule has 0 aromatic carbocycles. The van der Waals surface area contributed by atoms with Crippen LogP contribution in [0.1, 0.15) is 34.1 Å². The molecule has 0 rings (SSSR count). The Bertz CT molecular complexity index is 171. The maximum absolute atomic E-state index is 11.1. The van der Waals surface area contributed by atoms with E-state index in [1.807, 2.05) is 33.8 Å². The van der Waals surface area contributed by atoms with E-state index in [4.69, 9.17) is 0 Å². The second kappa shape index (κ2) is 5.81. The molecule has 2 nitrogen and oxygen atoms in total. The Kier molecular flexibility index (Phi) is 5.43. The van der Waals surface area contributed by atoms with Crippen LogP contribution in [-0.4, -0.2) is 12.5 Å². The van der Waals surface area contributed by atoms with Crippen LogP contribution in [0.4, 0.5) is 0 Å². The summed E-state index contributed by atoms with van der Waals surface area (Å²) in [4.78, 5) is 11.1. The van der Waals surface area contributed by atoms with E-state index in [-0.39, 0.29) is 5.91 Å². The standard InChI is InChI=1S/C10H19NO/c1-5-9(4)7-11-10(12)6-8(2)3/h5,8H,6-7H2,1-4H3,(H,11,12)/b9-5+. The van der Waals surface area contributed by atoms with Gasteiger partial charge in [0, 0.05) is 13.0 Å². The van der Waals surface area contributed by atoms with Gasteiger partial charge in [0.15, 0.2) is 0 Å².